The molecule has 0 saturated heterocycles. The molecule has 0 radical (unpaired) electrons. The third kappa shape index (κ3) is 2.65. The molecule has 0 N–H and O–H groups in total. The third-order valence-electron chi connectivity index (χ3n) is 1.95. The molecule has 0 aromatic rings. The van der Waals surface area contributed by atoms with Crippen LogP contribution >= 0.6 is 0 Å². The lowest BCUT2D eigenvalue weighted by atomic mass is 10.1. The molecule has 1 aliphatic heterocycles. The monoisotopic (exact) mass is 212 g/mol. The maximum atomic E-state index is 12.7. The molecule has 2 rings (SSSR count). The van der Waals surface area contributed by atoms with Gasteiger partial charge in [0.2, 0.25) is 0 Å². The van der Waals surface area contributed by atoms with Gasteiger partial charge in [-0.3, -0.25) is 4.99 Å². The van der Waals surface area contributed by atoms with Gasteiger partial charge in [-0.05, 0) is 24.3 Å². The fourth-order valence-corrected chi connectivity index (χ4v) is 1.21. The van der Waals surface area contributed by atoms with E-state index in [1.54, 1.807) is 18.5 Å². The summed E-state index contributed by atoms with van der Waals surface area (Å²) < 4.78 is 25.4. The molecule has 0 atom stereocenters. The molecule has 3 nitrogen and oxygen atoms in total. The van der Waals surface area contributed by atoms with E-state index in [4.69, 9.17) is 4.84 Å². The second-order valence-electron chi connectivity index (χ2n) is 3.23. The molecule has 0 spiro atoms. The van der Waals surface area contributed by atoms with Crippen molar-refractivity contribution >= 4 is 6.21 Å². The lowest BCUT2D eigenvalue weighted by Crippen LogP contribution is -2.21. The van der Waals surface area contributed by atoms with Gasteiger partial charge < -0.3 is 4.84 Å². The number of rotatable bonds is 2. The van der Waals surface area contributed by atoms with E-state index in [-0.39, 0.29) is 6.42 Å². The predicted molar refractivity (Wildman–Crippen MR) is 52.2 cm³/mol. The number of hydrogen-bond acceptors (Lipinski definition) is 3. The summed E-state index contributed by atoms with van der Waals surface area (Å²) >= 11 is 0. The Morgan fingerprint density at radius 2 is 2.33 bits per heavy atom. The summed E-state index contributed by atoms with van der Waals surface area (Å²) in [5.41, 5.74) is 0. The van der Waals surface area contributed by atoms with E-state index in [0.717, 1.165) is 6.08 Å². The van der Waals surface area contributed by atoms with Crippen LogP contribution in [0.25, 0.3) is 0 Å². The molecule has 1 aliphatic carbocycles. The summed E-state index contributed by atoms with van der Waals surface area (Å²) in [7, 11) is 0. The van der Waals surface area contributed by atoms with Crippen LogP contribution in [0.1, 0.15) is 6.42 Å². The van der Waals surface area contributed by atoms with Gasteiger partial charge in [-0.2, -0.15) is 5.06 Å². The van der Waals surface area contributed by atoms with Crippen molar-refractivity contribution in [1.82, 2.24) is 5.06 Å². The summed E-state index contributed by atoms with van der Waals surface area (Å²) in [6, 6.07) is 0. The zero-order chi connectivity index (χ0) is 10.7. The molecule has 0 fully saturated rings. The maximum Gasteiger partial charge on any atom is 0.270 e. The second-order valence-corrected chi connectivity index (χ2v) is 3.23. The summed E-state index contributed by atoms with van der Waals surface area (Å²) in [4.78, 5) is 9.24. The maximum absolute atomic E-state index is 12.7. The van der Waals surface area contributed by atoms with E-state index in [1.165, 1.54) is 17.2 Å². The highest BCUT2D eigenvalue weighted by Gasteiger charge is 2.27. The molecular formula is C10H10F2N2O. The van der Waals surface area contributed by atoms with Crippen LogP contribution in [0.4, 0.5) is 8.78 Å². The summed E-state index contributed by atoms with van der Waals surface area (Å²) in [5, 5.41) is 1.47. The zero-order valence-electron chi connectivity index (χ0n) is 7.94. The van der Waals surface area contributed by atoms with Gasteiger partial charge in [0.25, 0.3) is 5.92 Å². The zero-order valence-corrected chi connectivity index (χ0v) is 7.94. The highest BCUT2D eigenvalue weighted by molar-refractivity contribution is 5.71. The Hall–Kier alpha value is -1.65. The predicted octanol–water partition coefficient (Wildman–Crippen LogP) is 2.25. The Morgan fingerprint density at radius 1 is 1.47 bits per heavy atom. The Kier molecular flexibility index (Phi) is 2.53. The minimum atomic E-state index is -2.75. The van der Waals surface area contributed by atoms with Crippen molar-refractivity contribution in [3.63, 3.8) is 0 Å². The van der Waals surface area contributed by atoms with Gasteiger partial charge in [0.1, 0.15) is 6.67 Å². The first-order valence-corrected chi connectivity index (χ1v) is 4.54. The van der Waals surface area contributed by atoms with E-state index in [1.807, 2.05) is 0 Å². The van der Waals surface area contributed by atoms with Gasteiger partial charge in [-0.15, -0.1) is 0 Å². The van der Waals surface area contributed by atoms with Crippen LogP contribution in [0.2, 0.25) is 0 Å². The van der Waals surface area contributed by atoms with Crippen LogP contribution in [-0.2, 0) is 4.84 Å². The van der Waals surface area contributed by atoms with Gasteiger partial charge >= 0.3 is 0 Å². The van der Waals surface area contributed by atoms with Gasteiger partial charge in [0.05, 0.1) is 0 Å². The number of alkyl halides is 2. The summed E-state index contributed by atoms with van der Waals surface area (Å²) in [5.74, 6) is -2.33. The Labute approximate surface area is 86.0 Å². The van der Waals surface area contributed by atoms with Crippen molar-refractivity contribution in [2.24, 2.45) is 4.99 Å². The van der Waals surface area contributed by atoms with E-state index < -0.39 is 5.92 Å². The number of nitrogens with zero attached hydrogens (tertiary/aromatic N) is 2. The van der Waals surface area contributed by atoms with Gasteiger partial charge in [-0.25, -0.2) is 8.78 Å². The second kappa shape index (κ2) is 3.84. The van der Waals surface area contributed by atoms with E-state index in [0.29, 0.717) is 12.4 Å². The average molecular weight is 212 g/mol. The van der Waals surface area contributed by atoms with E-state index in [2.05, 4.69) is 4.99 Å². The first kappa shape index (κ1) is 9.89. The molecule has 1 heterocycles. The number of hydroxylamine groups is 2. The van der Waals surface area contributed by atoms with Crippen LogP contribution in [0.3, 0.4) is 0 Å². The molecular weight excluding hydrogens is 202 g/mol. The number of allylic oxidation sites excluding steroid dienone is 4. The standard InChI is InChI=1S/C10H10F2N2O/c11-10(12)4-2-9(3-5-10)15-14-7-1-6-13-8-14/h1-4,6-7H,5,8H2. The molecule has 2 aliphatic rings. The lowest BCUT2D eigenvalue weighted by molar-refractivity contribution is -0.0709. The van der Waals surface area contributed by atoms with Gasteiger partial charge in [-0.1, -0.05) is 0 Å². The minimum absolute atomic E-state index is 0.320. The van der Waals surface area contributed by atoms with Crippen LogP contribution in [-0.4, -0.2) is 23.9 Å². The molecule has 15 heavy (non-hydrogen) atoms. The van der Waals surface area contributed by atoms with Crippen LogP contribution in [0.15, 0.2) is 41.3 Å². The molecule has 0 aromatic carbocycles. The van der Waals surface area contributed by atoms with E-state index in [9.17, 15) is 8.78 Å². The van der Waals surface area contributed by atoms with Crippen LogP contribution in [0.5, 0.6) is 0 Å². The molecule has 0 saturated carbocycles. The van der Waals surface area contributed by atoms with Gasteiger partial charge in [0.15, 0.2) is 5.76 Å². The fraction of sp³-hybridized carbons (Fsp3) is 0.300. The molecule has 5 heteroatoms. The Balaban J connectivity index is 1.92. The van der Waals surface area contributed by atoms with Crippen LogP contribution < -0.4 is 0 Å². The van der Waals surface area contributed by atoms with Crippen LogP contribution in [0, 0.1) is 0 Å². The third-order valence-corrected chi connectivity index (χ3v) is 1.95. The van der Waals surface area contributed by atoms with E-state index >= 15 is 0 Å². The average Bonchev–Trinajstić information content (AvgIpc) is 2.23. The molecule has 80 valence electrons. The lowest BCUT2D eigenvalue weighted by Gasteiger charge is -2.22. The van der Waals surface area contributed by atoms with Gasteiger partial charge in [0, 0.05) is 18.8 Å². The van der Waals surface area contributed by atoms with Crippen molar-refractivity contribution < 1.29 is 13.6 Å². The molecule has 0 aromatic heterocycles. The quantitative estimate of drug-likeness (QED) is 0.701. The first-order valence-electron chi connectivity index (χ1n) is 4.54. The summed E-state index contributed by atoms with van der Waals surface area (Å²) in [6.07, 6.45) is 8.22. The van der Waals surface area contributed by atoms with Crippen molar-refractivity contribution in [3.8, 4) is 0 Å². The summed E-state index contributed by atoms with van der Waals surface area (Å²) in [6.45, 7) is 0.373. The molecule has 0 amide bonds. The Morgan fingerprint density at radius 3 is 2.93 bits per heavy atom. The largest absolute Gasteiger partial charge is 0.379 e. The normalized spacial score (nSPS) is 22.8. The number of hydrogen-bond donors (Lipinski definition) is 0. The Bertz CT molecular complexity index is 358. The van der Waals surface area contributed by atoms with Crippen molar-refractivity contribution in [1.29, 1.82) is 0 Å². The fourth-order valence-electron chi connectivity index (χ4n) is 1.21. The first-order chi connectivity index (χ1) is 7.16. The topological polar surface area (TPSA) is 24.8 Å². The highest BCUT2D eigenvalue weighted by atomic mass is 19.3. The van der Waals surface area contributed by atoms with Crippen molar-refractivity contribution in [3.05, 3.63) is 36.3 Å². The SMILES string of the molecule is FC1(F)C=CC(ON2C=CC=NC2)=CC1. The minimum Gasteiger partial charge on any atom is -0.379 e. The van der Waals surface area contributed by atoms with Crippen molar-refractivity contribution in [2.45, 2.75) is 12.3 Å². The van der Waals surface area contributed by atoms with Crippen molar-refractivity contribution in [2.75, 3.05) is 6.67 Å². The number of aliphatic imine (C=N–C) groups is 1. The smallest absolute Gasteiger partial charge is 0.270 e. The molecule has 0 unspecified atom stereocenters. The highest BCUT2D eigenvalue weighted by Crippen LogP contribution is 2.27. The number of halogens is 2. The molecule has 0 bridgehead atoms.